The van der Waals surface area contributed by atoms with Crippen LogP contribution in [0.25, 0.3) is 16.5 Å². The van der Waals surface area contributed by atoms with Gasteiger partial charge in [0.05, 0.1) is 0 Å². The van der Waals surface area contributed by atoms with Crippen molar-refractivity contribution in [2.75, 3.05) is 5.73 Å². The summed E-state index contributed by atoms with van der Waals surface area (Å²) in [6, 6.07) is 16.2. The molecule has 0 unspecified atom stereocenters. The van der Waals surface area contributed by atoms with Gasteiger partial charge in [0, 0.05) is 28.4 Å². The number of hydrogen-bond donors (Lipinski definition) is 2. The Morgan fingerprint density at radius 2 is 1.79 bits per heavy atom. The largest absolute Gasteiger partial charge is 0.398 e. The molecule has 3 rings (SSSR count). The molecule has 0 radical (unpaired) electrons. The zero-order chi connectivity index (χ0) is 13.2. The van der Waals surface area contributed by atoms with Crippen LogP contribution in [-0.4, -0.2) is 4.98 Å². The highest BCUT2D eigenvalue weighted by Crippen LogP contribution is 2.26. The molecule has 3 aromatic rings. The molecule has 3 N–H and O–H groups in total. The highest BCUT2D eigenvalue weighted by atomic mass is 14.7. The highest BCUT2D eigenvalue weighted by molar-refractivity contribution is 5.86. The fourth-order valence-corrected chi connectivity index (χ4v) is 2.42. The Kier molecular flexibility index (Phi) is 2.84. The Hall–Kier alpha value is -2.48. The number of H-pyrrole nitrogens is 1. The van der Waals surface area contributed by atoms with Gasteiger partial charge in [-0.2, -0.15) is 0 Å². The SMILES string of the molecule is C=C(Cc1c[nH]c2ccccc12)c1ccccc1N. The highest BCUT2D eigenvalue weighted by Gasteiger charge is 2.07. The predicted molar refractivity (Wildman–Crippen MR) is 81.9 cm³/mol. The average Bonchev–Trinajstić information content (AvgIpc) is 2.83. The summed E-state index contributed by atoms with van der Waals surface area (Å²) in [6.45, 7) is 4.17. The molecule has 2 aromatic carbocycles. The fraction of sp³-hybridized carbons (Fsp3) is 0.0588. The summed E-state index contributed by atoms with van der Waals surface area (Å²) in [7, 11) is 0. The van der Waals surface area contributed by atoms with E-state index in [1.807, 2.05) is 30.3 Å². The van der Waals surface area contributed by atoms with Gasteiger partial charge < -0.3 is 10.7 Å². The van der Waals surface area contributed by atoms with Gasteiger partial charge in [-0.15, -0.1) is 0 Å². The van der Waals surface area contributed by atoms with Gasteiger partial charge in [-0.05, 0) is 29.7 Å². The van der Waals surface area contributed by atoms with Crippen LogP contribution in [0.2, 0.25) is 0 Å². The average molecular weight is 248 g/mol. The first-order chi connectivity index (χ1) is 9.25. The van der Waals surface area contributed by atoms with Crippen molar-refractivity contribution in [1.29, 1.82) is 0 Å². The summed E-state index contributed by atoms with van der Waals surface area (Å²) >= 11 is 0. The predicted octanol–water partition coefficient (Wildman–Crippen LogP) is 4.01. The number of aromatic nitrogens is 1. The van der Waals surface area contributed by atoms with E-state index in [1.54, 1.807) is 0 Å². The van der Waals surface area contributed by atoms with Gasteiger partial charge in [0.25, 0.3) is 0 Å². The van der Waals surface area contributed by atoms with Crippen molar-refractivity contribution in [1.82, 2.24) is 4.98 Å². The molecule has 0 saturated carbocycles. The maximum Gasteiger partial charge on any atom is 0.0456 e. The summed E-state index contributed by atoms with van der Waals surface area (Å²) in [5.74, 6) is 0. The van der Waals surface area contributed by atoms with E-state index in [0.29, 0.717) is 0 Å². The van der Waals surface area contributed by atoms with Crippen molar-refractivity contribution < 1.29 is 0 Å². The van der Waals surface area contributed by atoms with E-state index in [9.17, 15) is 0 Å². The summed E-state index contributed by atoms with van der Waals surface area (Å²) in [4.78, 5) is 3.29. The maximum atomic E-state index is 5.99. The second-order valence-corrected chi connectivity index (χ2v) is 4.73. The van der Waals surface area contributed by atoms with Crippen LogP contribution >= 0.6 is 0 Å². The molecule has 2 heteroatoms. The van der Waals surface area contributed by atoms with Crippen LogP contribution in [0.1, 0.15) is 11.1 Å². The number of rotatable bonds is 3. The quantitative estimate of drug-likeness (QED) is 0.676. The van der Waals surface area contributed by atoms with Crippen molar-refractivity contribution in [2.24, 2.45) is 0 Å². The van der Waals surface area contributed by atoms with Crippen LogP contribution in [0.15, 0.2) is 61.3 Å². The Morgan fingerprint density at radius 1 is 1.05 bits per heavy atom. The molecule has 1 heterocycles. The van der Waals surface area contributed by atoms with Crippen molar-refractivity contribution in [3.05, 3.63) is 72.4 Å². The van der Waals surface area contributed by atoms with Crippen LogP contribution in [0.3, 0.4) is 0 Å². The van der Waals surface area contributed by atoms with Crippen molar-refractivity contribution in [3.63, 3.8) is 0 Å². The van der Waals surface area contributed by atoms with Gasteiger partial charge in [0.2, 0.25) is 0 Å². The van der Waals surface area contributed by atoms with E-state index in [1.165, 1.54) is 10.9 Å². The second-order valence-electron chi connectivity index (χ2n) is 4.73. The van der Waals surface area contributed by atoms with Gasteiger partial charge in [0.1, 0.15) is 0 Å². The van der Waals surface area contributed by atoms with Crippen LogP contribution < -0.4 is 5.73 Å². The molecule has 0 spiro atoms. The number of nitrogens with one attached hydrogen (secondary N) is 1. The topological polar surface area (TPSA) is 41.8 Å². The smallest absolute Gasteiger partial charge is 0.0456 e. The van der Waals surface area contributed by atoms with Crippen molar-refractivity contribution in [3.8, 4) is 0 Å². The molecule has 0 amide bonds. The van der Waals surface area contributed by atoms with E-state index < -0.39 is 0 Å². The molecular weight excluding hydrogens is 232 g/mol. The third-order valence-electron chi connectivity index (χ3n) is 3.42. The minimum absolute atomic E-state index is 0.785. The number of hydrogen-bond acceptors (Lipinski definition) is 1. The molecule has 0 fully saturated rings. The molecule has 19 heavy (non-hydrogen) atoms. The number of allylic oxidation sites excluding steroid dienone is 1. The third kappa shape index (κ3) is 2.13. The standard InChI is InChI=1S/C17H16N2/c1-12(14-6-2-4-8-16(14)18)10-13-11-19-17-9-5-3-7-15(13)17/h2-9,11,19H,1,10,18H2. The van der Waals surface area contributed by atoms with Crippen LogP contribution in [0.5, 0.6) is 0 Å². The molecule has 0 aliphatic rings. The van der Waals surface area contributed by atoms with E-state index in [4.69, 9.17) is 5.73 Å². The molecule has 0 bridgehead atoms. The van der Waals surface area contributed by atoms with Crippen molar-refractivity contribution in [2.45, 2.75) is 6.42 Å². The van der Waals surface area contributed by atoms with Crippen LogP contribution in [0.4, 0.5) is 5.69 Å². The molecule has 2 nitrogen and oxygen atoms in total. The molecule has 0 saturated heterocycles. The molecular formula is C17H16N2. The first kappa shape index (κ1) is 11.6. The number of nitrogen functional groups attached to an aromatic ring is 1. The number of fused-ring (bicyclic) bond motifs is 1. The van der Waals surface area contributed by atoms with E-state index in [2.05, 4.69) is 36.0 Å². The van der Waals surface area contributed by atoms with E-state index in [0.717, 1.165) is 28.8 Å². The Labute approximate surface area is 112 Å². The van der Waals surface area contributed by atoms with Gasteiger partial charge in [-0.1, -0.05) is 43.0 Å². The zero-order valence-electron chi connectivity index (χ0n) is 10.7. The van der Waals surface area contributed by atoms with Gasteiger partial charge in [-0.25, -0.2) is 0 Å². The van der Waals surface area contributed by atoms with Gasteiger partial charge >= 0.3 is 0 Å². The number of benzene rings is 2. The van der Waals surface area contributed by atoms with Crippen molar-refractivity contribution >= 4 is 22.2 Å². The van der Waals surface area contributed by atoms with Crippen LogP contribution in [0, 0.1) is 0 Å². The lowest BCUT2D eigenvalue weighted by molar-refractivity contribution is 1.30. The lowest BCUT2D eigenvalue weighted by atomic mass is 9.98. The Balaban J connectivity index is 1.94. The molecule has 94 valence electrons. The fourth-order valence-electron chi connectivity index (χ4n) is 2.42. The maximum absolute atomic E-state index is 5.99. The lowest BCUT2D eigenvalue weighted by Crippen LogP contribution is -1.95. The van der Waals surface area contributed by atoms with E-state index >= 15 is 0 Å². The van der Waals surface area contributed by atoms with Gasteiger partial charge in [0.15, 0.2) is 0 Å². The Morgan fingerprint density at radius 3 is 2.63 bits per heavy atom. The molecule has 0 atom stereocenters. The third-order valence-corrected chi connectivity index (χ3v) is 3.42. The molecule has 0 aliphatic carbocycles. The summed E-state index contributed by atoms with van der Waals surface area (Å²) < 4.78 is 0. The monoisotopic (exact) mass is 248 g/mol. The minimum atomic E-state index is 0.785. The van der Waals surface area contributed by atoms with E-state index in [-0.39, 0.29) is 0 Å². The minimum Gasteiger partial charge on any atom is -0.398 e. The first-order valence-corrected chi connectivity index (χ1v) is 6.33. The second kappa shape index (κ2) is 4.65. The number of aromatic amines is 1. The zero-order valence-corrected chi connectivity index (χ0v) is 10.7. The first-order valence-electron chi connectivity index (χ1n) is 6.33. The Bertz CT molecular complexity index is 738. The van der Waals surface area contributed by atoms with Gasteiger partial charge in [-0.3, -0.25) is 0 Å². The number of anilines is 1. The molecule has 0 aliphatic heterocycles. The summed E-state index contributed by atoms with van der Waals surface area (Å²) in [5, 5.41) is 1.25. The normalized spacial score (nSPS) is 10.7. The summed E-state index contributed by atoms with van der Waals surface area (Å²) in [5.41, 5.74) is 11.3. The number of para-hydroxylation sites is 2. The lowest BCUT2D eigenvalue weighted by Gasteiger charge is -2.08. The number of nitrogens with two attached hydrogens (primary N) is 1. The summed E-state index contributed by atoms with van der Waals surface area (Å²) in [6.07, 6.45) is 2.85. The molecule has 1 aromatic heterocycles. The van der Waals surface area contributed by atoms with Crippen LogP contribution in [-0.2, 0) is 6.42 Å².